The van der Waals surface area contributed by atoms with Gasteiger partial charge in [-0.2, -0.15) is 0 Å². The van der Waals surface area contributed by atoms with Crippen LogP contribution in [0.3, 0.4) is 0 Å². The zero-order chi connectivity index (χ0) is 19.7. The van der Waals surface area contributed by atoms with Crippen LogP contribution in [0.15, 0.2) is 18.6 Å². The number of rotatable bonds is 12. The first kappa shape index (κ1) is 22.5. The van der Waals surface area contributed by atoms with Gasteiger partial charge in [0.05, 0.1) is 0 Å². The molecule has 0 fully saturated rings. The molecule has 27 heavy (non-hydrogen) atoms. The van der Waals surface area contributed by atoms with Gasteiger partial charge in [-0.3, -0.25) is 0 Å². The molecule has 0 bridgehead atoms. The Morgan fingerprint density at radius 3 is 2.26 bits per heavy atom. The summed E-state index contributed by atoms with van der Waals surface area (Å²) in [7, 11) is 1.40. The van der Waals surface area contributed by atoms with E-state index < -0.39 is 18.4 Å². The van der Waals surface area contributed by atoms with E-state index in [0.29, 0.717) is 0 Å². The number of unbranched alkanes of at least 4 members (excludes halogenated alkanes) is 3. The van der Waals surface area contributed by atoms with Crippen molar-refractivity contribution in [2.75, 3.05) is 7.11 Å². The summed E-state index contributed by atoms with van der Waals surface area (Å²) in [5.41, 5.74) is 0.873. The molecule has 0 aliphatic rings. The number of imidazole rings is 1. The van der Waals surface area contributed by atoms with Crippen molar-refractivity contribution in [1.29, 1.82) is 0 Å². The van der Waals surface area contributed by atoms with Gasteiger partial charge in [0.2, 0.25) is 0 Å². The van der Waals surface area contributed by atoms with E-state index in [1.54, 1.807) is 8.97 Å². The van der Waals surface area contributed by atoms with Crippen molar-refractivity contribution in [2.24, 2.45) is 0 Å². The minimum atomic E-state index is -2.41. The van der Waals surface area contributed by atoms with E-state index in [1.165, 1.54) is 65.0 Å². The molecule has 0 unspecified atom stereocenters. The van der Waals surface area contributed by atoms with Gasteiger partial charge in [0.15, 0.2) is 0 Å². The summed E-state index contributed by atoms with van der Waals surface area (Å²) < 4.78 is 13.0. The van der Waals surface area contributed by atoms with Gasteiger partial charge in [-0.05, 0) is 0 Å². The number of hydrogen-bond acceptors (Lipinski definition) is 4. The molecule has 0 aliphatic carbocycles. The Morgan fingerprint density at radius 1 is 1.15 bits per heavy atom. The Labute approximate surface area is 171 Å². The van der Waals surface area contributed by atoms with Gasteiger partial charge in [0, 0.05) is 0 Å². The molecule has 6 heteroatoms. The van der Waals surface area contributed by atoms with Crippen LogP contribution >= 0.6 is 11.3 Å². The van der Waals surface area contributed by atoms with E-state index in [0.717, 1.165) is 10.5 Å². The third-order valence-electron chi connectivity index (χ3n) is 5.37. The van der Waals surface area contributed by atoms with E-state index in [4.69, 9.17) is 4.74 Å². The first-order chi connectivity index (χ1) is 13.1. The summed E-state index contributed by atoms with van der Waals surface area (Å²) in [6.07, 6.45) is 15.5. The number of carbonyl (C=O) groups excluding carboxylic acids is 1. The van der Waals surface area contributed by atoms with Crippen LogP contribution in [0.5, 0.6) is 0 Å². The van der Waals surface area contributed by atoms with Crippen LogP contribution in [0.25, 0.3) is 10.9 Å². The fraction of sp³-hybridized carbons (Fsp3) is 0.619. The first-order valence-corrected chi connectivity index (χ1v) is 18.6. The summed E-state index contributed by atoms with van der Waals surface area (Å²) in [4.78, 5) is 17.1. The van der Waals surface area contributed by atoms with Gasteiger partial charge in [-0.1, -0.05) is 0 Å². The number of hydrogen-bond donors (Lipinski definition) is 0. The van der Waals surface area contributed by atoms with Gasteiger partial charge >= 0.3 is 172 Å². The van der Waals surface area contributed by atoms with Gasteiger partial charge in [-0.25, -0.2) is 0 Å². The summed E-state index contributed by atoms with van der Waals surface area (Å²) >= 11 is -0.472. The summed E-state index contributed by atoms with van der Waals surface area (Å²) in [5.74, 6) is -0.338. The molecule has 0 saturated heterocycles. The zero-order valence-corrected chi connectivity index (χ0v) is 21.0. The maximum absolute atomic E-state index is 11.4. The predicted octanol–water partition coefficient (Wildman–Crippen LogP) is 5.64. The van der Waals surface area contributed by atoms with Crippen molar-refractivity contribution < 1.29 is 9.53 Å². The predicted molar refractivity (Wildman–Crippen MR) is 119 cm³/mol. The SMILES string of the molecule is CCC[CH2][Sn]([CH2]CCC)([CH2]CCC)[c]1cn2cnc(C=CC(=O)OC)c2s1. The normalized spacial score (nSPS) is 12.3. The molecule has 2 aromatic heterocycles. The van der Waals surface area contributed by atoms with E-state index in [2.05, 4.69) is 36.4 Å². The van der Waals surface area contributed by atoms with Gasteiger partial charge < -0.3 is 0 Å². The fourth-order valence-corrected chi connectivity index (χ4v) is 23.7. The molecular weight excluding hydrogens is 463 g/mol. The Kier molecular flexibility index (Phi) is 9.36. The van der Waals surface area contributed by atoms with Crippen LogP contribution < -0.4 is 2.89 Å². The molecule has 0 aliphatic heterocycles. The first-order valence-electron chi connectivity index (χ1n) is 10.3. The number of thiazole rings is 1. The van der Waals surface area contributed by atoms with E-state index in [9.17, 15) is 4.79 Å². The number of carbonyl (C=O) groups is 1. The third kappa shape index (κ3) is 5.83. The second kappa shape index (κ2) is 11.2. The van der Waals surface area contributed by atoms with Crippen LogP contribution in [0.1, 0.15) is 65.0 Å². The van der Waals surface area contributed by atoms with E-state index >= 15 is 0 Å². The van der Waals surface area contributed by atoms with Crippen molar-refractivity contribution in [1.82, 2.24) is 9.38 Å². The molecule has 0 spiro atoms. The molecule has 4 nitrogen and oxygen atoms in total. The second-order valence-corrected chi connectivity index (χ2v) is 22.6. The van der Waals surface area contributed by atoms with Crippen LogP contribution in [-0.4, -0.2) is 40.8 Å². The molecule has 0 atom stereocenters. The molecule has 0 aromatic carbocycles. The zero-order valence-electron chi connectivity index (χ0n) is 17.3. The standard InChI is InChI=1S/C9H7N2O2S.3C4H9.Sn/c1-13-8(12)3-2-7-9-11(6-10-7)4-5-14-9;3*1-3-4-2;/h2-4,6H,1H3;3*1,3-4H2,2H3;. The third-order valence-corrected chi connectivity index (χ3v) is 24.7. The van der Waals surface area contributed by atoms with Crippen molar-refractivity contribution in [3.8, 4) is 0 Å². The Morgan fingerprint density at radius 2 is 1.74 bits per heavy atom. The minimum absolute atomic E-state index is 0.338. The molecule has 2 aromatic rings. The Balaban J connectivity index is 2.40. The Hall–Kier alpha value is -0.821. The number of ether oxygens (including phenoxy) is 1. The van der Waals surface area contributed by atoms with E-state index in [-0.39, 0.29) is 5.97 Å². The van der Waals surface area contributed by atoms with Crippen LogP contribution in [0.4, 0.5) is 0 Å². The summed E-state index contributed by atoms with van der Waals surface area (Å²) in [5, 5.41) is 0. The second-order valence-electron chi connectivity index (χ2n) is 7.39. The number of aromatic nitrogens is 2. The quantitative estimate of drug-likeness (QED) is 0.217. The molecule has 0 N–H and O–H groups in total. The molecule has 2 rings (SSSR count). The number of methoxy groups -OCH3 is 1. The van der Waals surface area contributed by atoms with Gasteiger partial charge in [-0.15, -0.1) is 0 Å². The molecule has 2 heterocycles. The number of esters is 1. The van der Waals surface area contributed by atoms with Crippen molar-refractivity contribution in [3.05, 3.63) is 24.3 Å². The average Bonchev–Trinajstić information content (AvgIpc) is 3.27. The Bertz CT molecular complexity index is 729. The molecule has 0 amide bonds. The molecule has 0 saturated carbocycles. The average molecular weight is 497 g/mol. The molecule has 0 radical (unpaired) electrons. The van der Waals surface area contributed by atoms with Gasteiger partial charge in [0.25, 0.3) is 0 Å². The van der Waals surface area contributed by atoms with Crippen molar-refractivity contribution >= 4 is 49.5 Å². The van der Waals surface area contributed by atoms with Crippen LogP contribution in [0.2, 0.25) is 13.3 Å². The molecular formula is C21H34N2O2SSn. The number of fused-ring (bicyclic) bond motifs is 1. The summed E-state index contributed by atoms with van der Waals surface area (Å²) in [6, 6.07) is 0. The number of nitrogens with zero attached hydrogens (tertiary/aromatic N) is 2. The van der Waals surface area contributed by atoms with Crippen LogP contribution in [-0.2, 0) is 9.53 Å². The van der Waals surface area contributed by atoms with E-state index in [1.807, 2.05) is 17.7 Å². The molecule has 150 valence electrons. The van der Waals surface area contributed by atoms with Crippen molar-refractivity contribution in [3.63, 3.8) is 0 Å². The van der Waals surface area contributed by atoms with Crippen LogP contribution in [0, 0.1) is 0 Å². The fourth-order valence-electron chi connectivity index (χ4n) is 3.68. The van der Waals surface area contributed by atoms with Gasteiger partial charge in [0.1, 0.15) is 0 Å². The monoisotopic (exact) mass is 498 g/mol. The topological polar surface area (TPSA) is 43.6 Å². The maximum atomic E-state index is 11.4. The summed E-state index contributed by atoms with van der Waals surface area (Å²) in [6.45, 7) is 6.95. The van der Waals surface area contributed by atoms with Crippen molar-refractivity contribution in [2.45, 2.75) is 72.6 Å².